The Morgan fingerprint density at radius 3 is 2.58 bits per heavy atom. The number of nitrogens with one attached hydrogen (secondary N) is 1. The summed E-state index contributed by atoms with van der Waals surface area (Å²) >= 11 is 0. The van der Waals surface area contributed by atoms with E-state index in [-0.39, 0.29) is 24.4 Å². The van der Waals surface area contributed by atoms with Crippen molar-refractivity contribution in [1.82, 2.24) is 10.2 Å². The summed E-state index contributed by atoms with van der Waals surface area (Å²) in [7, 11) is 0. The van der Waals surface area contributed by atoms with Crippen molar-refractivity contribution >= 4 is 18.3 Å². The zero-order valence-electron chi connectivity index (χ0n) is 14.5. The van der Waals surface area contributed by atoms with Crippen LogP contribution >= 0.6 is 12.4 Å². The fourth-order valence-corrected chi connectivity index (χ4v) is 3.51. The average molecular weight is 353 g/mol. The first-order chi connectivity index (χ1) is 11.2. The van der Waals surface area contributed by atoms with Gasteiger partial charge in [-0.2, -0.15) is 0 Å². The number of rotatable bonds is 4. The summed E-state index contributed by atoms with van der Waals surface area (Å²) in [5.41, 5.74) is 2.75. The first-order valence-electron chi connectivity index (χ1n) is 8.88. The quantitative estimate of drug-likeness (QED) is 0.905. The van der Waals surface area contributed by atoms with E-state index in [1.807, 2.05) is 4.90 Å². The summed E-state index contributed by atoms with van der Waals surface area (Å²) in [5, 5.41) is 3.26. The fraction of sp³-hybridized carbons (Fsp3) is 0.632. The van der Waals surface area contributed by atoms with E-state index in [4.69, 9.17) is 4.74 Å². The lowest BCUT2D eigenvalue weighted by atomic mass is 9.90. The molecule has 1 unspecified atom stereocenters. The van der Waals surface area contributed by atoms with Gasteiger partial charge < -0.3 is 15.0 Å². The molecule has 0 radical (unpaired) electrons. The Labute approximate surface area is 151 Å². The number of carbonyl (C=O) groups excluding carboxylic acids is 1. The van der Waals surface area contributed by atoms with Crippen LogP contribution in [0.15, 0.2) is 24.3 Å². The van der Waals surface area contributed by atoms with Crippen LogP contribution in [0.3, 0.4) is 0 Å². The number of nitrogens with zero attached hydrogens (tertiary/aromatic N) is 1. The first-order valence-corrected chi connectivity index (χ1v) is 8.88. The number of carbonyl (C=O) groups is 1. The zero-order chi connectivity index (χ0) is 16.1. The number of amides is 1. The smallest absolute Gasteiger partial charge is 0.242 e. The van der Waals surface area contributed by atoms with Crippen LogP contribution in [0.25, 0.3) is 0 Å². The Morgan fingerprint density at radius 1 is 1.25 bits per heavy atom. The molecule has 0 saturated carbocycles. The highest BCUT2D eigenvalue weighted by Gasteiger charge is 2.29. The molecule has 2 aliphatic heterocycles. The Balaban J connectivity index is 0.00000208. The van der Waals surface area contributed by atoms with E-state index in [0.29, 0.717) is 13.2 Å². The van der Waals surface area contributed by atoms with Gasteiger partial charge in [0.05, 0.1) is 13.2 Å². The van der Waals surface area contributed by atoms with Crippen molar-refractivity contribution in [3.63, 3.8) is 0 Å². The molecule has 1 aromatic rings. The molecule has 24 heavy (non-hydrogen) atoms. The predicted octanol–water partition coefficient (Wildman–Crippen LogP) is 2.58. The molecule has 0 spiro atoms. The van der Waals surface area contributed by atoms with Gasteiger partial charge in [0.1, 0.15) is 6.04 Å². The van der Waals surface area contributed by atoms with Gasteiger partial charge in [-0.25, -0.2) is 0 Å². The molecular weight excluding hydrogens is 324 g/mol. The summed E-state index contributed by atoms with van der Waals surface area (Å²) in [6.07, 6.45) is 4.64. The molecule has 2 aliphatic rings. The van der Waals surface area contributed by atoms with Crippen molar-refractivity contribution in [1.29, 1.82) is 0 Å². The highest BCUT2D eigenvalue weighted by molar-refractivity contribution is 5.85. The van der Waals surface area contributed by atoms with Gasteiger partial charge in [-0.3, -0.25) is 4.79 Å². The highest BCUT2D eigenvalue weighted by Crippen LogP contribution is 2.23. The third kappa shape index (κ3) is 5.20. The van der Waals surface area contributed by atoms with Crippen LogP contribution in [-0.2, 0) is 16.0 Å². The Bertz CT molecular complexity index is 507. The monoisotopic (exact) mass is 352 g/mol. The topological polar surface area (TPSA) is 41.6 Å². The second-order valence-electron chi connectivity index (χ2n) is 6.87. The van der Waals surface area contributed by atoms with Gasteiger partial charge in [-0.15, -0.1) is 12.4 Å². The van der Waals surface area contributed by atoms with E-state index < -0.39 is 0 Å². The Hall–Kier alpha value is -1.10. The lowest BCUT2D eigenvalue weighted by Gasteiger charge is -2.35. The number of ether oxygens (including phenoxy) is 1. The SMILES string of the molecule is Cc1ccc(CCC2CCN(C(=O)C3COCCN3)CC2)cc1.Cl. The molecule has 1 amide bonds. The number of hydrogen-bond acceptors (Lipinski definition) is 3. The molecule has 2 saturated heterocycles. The standard InChI is InChI=1S/C19H28N2O2.ClH/c1-15-2-4-16(5-3-15)6-7-17-8-11-21(12-9-17)19(22)18-14-23-13-10-20-18;/h2-5,17-18,20H,6-14H2,1H3;1H. The summed E-state index contributed by atoms with van der Waals surface area (Å²) in [5.74, 6) is 0.970. The lowest BCUT2D eigenvalue weighted by Crippen LogP contribution is -2.54. The van der Waals surface area contributed by atoms with Crippen molar-refractivity contribution in [2.75, 3.05) is 32.8 Å². The molecule has 2 heterocycles. The maximum Gasteiger partial charge on any atom is 0.242 e. The van der Waals surface area contributed by atoms with Crippen molar-refractivity contribution in [2.24, 2.45) is 5.92 Å². The maximum absolute atomic E-state index is 12.5. The minimum Gasteiger partial charge on any atom is -0.378 e. The van der Waals surface area contributed by atoms with Crippen LogP contribution in [0.2, 0.25) is 0 Å². The van der Waals surface area contributed by atoms with Crippen molar-refractivity contribution < 1.29 is 9.53 Å². The number of hydrogen-bond donors (Lipinski definition) is 1. The second kappa shape index (κ2) is 9.40. The summed E-state index contributed by atoms with van der Waals surface area (Å²) in [6.45, 7) is 5.94. The largest absolute Gasteiger partial charge is 0.378 e. The normalized spacial score (nSPS) is 22.0. The predicted molar refractivity (Wildman–Crippen MR) is 98.7 cm³/mol. The maximum atomic E-state index is 12.5. The molecule has 5 heteroatoms. The molecule has 4 nitrogen and oxygen atoms in total. The van der Waals surface area contributed by atoms with Crippen LogP contribution in [-0.4, -0.2) is 49.7 Å². The summed E-state index contributed by atoms with van der Waals surface area (Å²) in [4.78, 5) is 14.5. The summed E-state index contributed by atoms with van der Waals surface area (Å²) in [6, 6.07) is 8.73. The molecule has 3 rings (SSSR count). The summed E-state index contributed by atoms with van der Waals surface area (Å²) < 4.78 is 5.40. The van der Waals surface area contributed by atoms with Gasteiger partial charge in [0.15, 0.2) is 0 Å². The van der Waals surface area contributed by atoms with Gasteiger partial charge >= 0.3 is 0 Å². The Kier molecular flexibility index (Phi) is 7.53. The number of morpholine rings is 1. The van der Waals surface area contributed by atoms with E-state index in [2.05, 4.69) is 36.5 Å². The fourth-order valence-electron chi connectivity index (χ4n) is 3.51. The number of likely N-dealkylation sites (tertiary alicyclic amines) is 1. The number of benzene rings is 1. The minimum absolute atomic E-state index is 0. The van der Waals surface area contributed by atoms with Gasteiger partial charge in [0, 0.05) is 19.6 Å². The molecule has 1 N–H and O–H groups in total. The number of aryl methyl sites for hydroxylation is 2. The van der Waals surface area contributed by atoms with Crippen LogP contribution < -0.4 is 5.32 Å². The molecule has 1 atom stereocenters. The molecule has 0 aliphatic carbocycles. The lowest BCUT2D eigenvalue weighted by molar-refractivity contribution is -0.137. The van der Waals surface area contributed by atoms with Crippen LogP contribution in [0, 0.1) is 12.8 Å². The minimum atomic E-state index is -0.132. The second-order valence-corrected chi connectivity index (χ2v) is 6.87. The molecule has 0 bridgehead atoms. The van der Waals surface area contributed by atoms with Crippen LogP contribution in [0.4, 0.5) is 0 Å². The molecule has 1 aromatic carbocycles. The van der Waals surface area contributed by atoms with Crippen LogP contribution in [0.5, 0.6) is 0 Å². The third-order valence-corrected chi connectivity index (χ3v) is 5.11. The molecular formula is C19H29ClN2O2. The van der Waals surface area contributed by atoms with E-state index in [9.17, 15) is 4.79 Å². The highest BCUT2D eigenvalue weighted by atomic mass is 35.5. The van der Waals surface area contributed by atoms with Gasteiger partial charge in [-0.05, 0) is 44.1 Å². The third-order valence-electron chi connectivity index (χ3n) is 5.11. The molecule has 0 aromatic heterocycles. The van der Waals surface area contributed by atoms with Crippen molar-refractivity contribution in [3.05, 3.63) is 35.4 Å². The van der Waals surface area contributed by atoms with Gasteiger partial charge in [0.25, 0.3) is 0 Å². The zero-order valence-corrected chi connectivity index (χ0v) is 15.3. The number of halogens is 1. The van der Waals surface area contributed by atoms with Gasteiger partial charge in [0.2, 0.25) is 5.91 Å². The van der Waals surface area contributed by atoms with Crippen molar-refractivity contribution in [2.45, 2.75) is 38.6 Å². The first kappa shape index (κ1) is 19.2. The average Bonchev–Trinajstić information content (AvgIpc) is 2.62. The van der Waals surface area contributed by atoms with E-state index in [1.165, 1.54) is 17.5 Å². The number of piperidine rings is 1. The molecule has 134 valence electrons. The Morgan fingerprint density at radius 2 is 1.96 bits per heavy atom. The van der Waals surface area contributed by atoms with E-state index in [1.54, 1.807) is 0 Å². The van der Waals surface area contributed by atoms with Crippen LogP contribution in [0.1, 0.15) is 30.4 Å². The molecule has 2 fully saturated rings. The van der Waals surface area contributed by atoms with Gasteiger partial charge in [-0.1, -0.05) is 29.8 Å². The van der Waals surface area contributed by atoms with E-state index in [0.717, 1.165) is 44.8 Å². The van der Waals surface area contributed by atoms with E-state index >= 15 is 0 Å². The van der Waals surface area contributed by atoms with Crippen molar-refractivity contribution in [3.8, 4) is 0 Å².